The number of thiazole rings is 1. The van der Waals surface area contributed by atoms with E-state index in [1.807, 2.05) is 0 Å². The first kappa shape index (κ1) is 8.97. The number of hydrogen-bond donors (Lipinski definition) is 1. The van der Waals surface area contributed by atoms with Crippen molar-refractivity contribution in [1.29, 1.82) is 0 Å². The molecule has 0 saturated carbocycles. The number of hydrogen-bond acceptors (Lipinski definition) is 4. The van der Waals surface area contributed by atoms with Crippen molar-refractivity contribution in [3.05, 3.63) is 18.2 Å². The molecule has 1 aromatic carbocycles. The Balaban J connectivity index is 2.04. The molecular formula is C11H13N3S. The van der Waals surface area contributed by atoms with Crippen LogP contribution in [0.4, 0.5) is 10.8 Å². The second kappa shape index (κ2) is 3.38. The molecule has 0 spiro atoms. The van der Waals surface area contributed by atoms with Gasteiger partial charge in [0.1, 0.15) is 0 Å². The van der Waals surface area contributed by atoms with Gasteiger partial charge in [-0.05, 0) is 31.0 Å². The van der Waals surface area contributed by atoms with E-state index in [0.29, 0.717) is 5.13 Å². The fourth-order valence-electron chi connectivity index (χ4n) is 2.10. The van der Waals surface area contributed by atoms with Crippen molar-refractivity contribution < 1.29 is 0 Å². The molecule has 0 aliphatic carbocycles. The molecule has 0 amide bonds. The van der Waals surface area contributed by atoms with Crippen LogP contribution in [-0.2, 0) is 0 Å². The minimum atomic E-state index is 0.656. The van der Waals surface area contributed by atoms with Gasteiger partial charge in [-0.3, -0.25) is 0 Å². The number of fused-ring (bicyclic) bond motifs is 1. The van der Waals surface area contributed by atoms with Crippen LogP contribution in [0.1, 0.15) is 12.8 Å². The maximum Gasteiger partial charge on any atom is 0.181 e. The average Bonchev–Trinajstić information content (AvgIpc) is 2.82. The maximum atomic E-state index is 5.69. The molecule has 2 heterocycles. The molecule has 15 heavy (non-hydrogen) atoms. The van der Waals surface area contributed by atoms with Crippen LogP contribution in [0.25, 0.3) is 10.2 Å². The lowest BCUT2D eigenvalue weighted by atomic mass is 10.3. The minimum Gasteiger partial charge on any atom is -0.375 e. The molecule has 1 aliphatic heterocycles. The third kappa shape index (κ3) is 1.55. The van der Waals surface area contributed by atoms with Crippen molar-refractivity contribution >= 4 is 32.4 Å². The van der Waals surface area contributed by atoms with Gasteiger partial charge in [0.05, 0.1) is 10.2 Å². The Hall–Kier alpha value is -1.29. The number of anilines is 2. The largest absolute Gasteiger partial charge is 0.375 e. The van der Waals surface area contributed by atoms with Crippen LogP contribution in [0.3, 0.4) is 0 Å². The van der Waals surface area contributed by atoms with Gasteiger partial charge in [-0.1, -0.05) is 11.3 Å². The fraction of sp³-hybridized carbons (Fsp3) is 0.364. The highest BCUT2D eigenvalue weighted by molar-refractivity contribution is 7.22. The van der Waals surface area contributed by atoms with Crippen molar-refractivity contribution in [2.75, 3.05) is 23.7 Å². The molecule has 2 N–H and O–H groups in total. The SMILES string of the molecule is Nc1nc2ccc(N3CCCC3)cc2s1. The zero-order chi connectivity index (χ0) is 10.3. The van der Waals surface area contributed by atoms with E-state index < -0.39 is 0 Å². The average molecular weight is 219 g/mol. The van der Waals surface area contributed by atoms with E-state index in [9.17, 15) is 0 Å². The highest BCUT2D eigenvalue weighted by atomic mass is 32.1. The number of rotatable bonds is 1. The molecule has 0 atom stereocenters. The maximum absolute atomic E-state index is 5.69. The molecule has 0 radical (unpaired) electrons. The summed E-state index contributed by atoms with van der Waals surface area (Å²) in [6, 6.07) is 6.41. The molecule has 2 aromatic rings. The van der Waals surface area contributed by atoms with Crippen LogP contribution in [0.2, 0.25) is 0 Å². The zero-order valence-corrected chi connectivity index (χ0v) is 9.26. The molecule has 3 rings (SSSR count). The molecular weight excluding hydrogens is 206 g/mol. The third-order valence-corrected chi connectivity index (χ3v) is 3.71. The number of nitrogens with zero attached hydrogens (tertiary/aromatic N) is 2. The Morgan fingerprint density at radius 1 is 1.27 bits per heavy atom. The van der Waals surface area contributed by atoms with E-state index in [4.69, 9.17) is 5.73 Å². The number of benzene rings is 1. The first-order chi connectivity index (χ1) is 7.33. The van der Waals surface area contributed by atoms with Crippen molar-refractivity contribution in [1.82, 2.24) is 4.98 Å². The van der Waals surface area contributed by atoms with Crippen LogP contribution in [-0.4, -0.2) is 18.1 Å². The normalized spacial score (nSPS) is 16.4. The van der Waals surface area contributed by atoms with E-state index in [2.05, 4.69) is 28.1 Å². The van der Waals surface area contributed by atoms with Crippen molar-refractivity contribution in [2.24, 2.45) is 0 Å². The fourth-order valence-corrected chi connectivity index (χ4v) is 2.87. The van der Waals surface area contributed by atoms with Gasteiger partial charge in [0.15, 0.2) is 5.13 Å². The Morgan fingerprint density at radius 3 is 2.87 bits per heavy atom. The van der Waals surface area contributed by atoms with Gasteiger partial charge in [-0.15, -0.1) is 0 Å². The first-order valence-electron chi connectivity index (χ1n) is 5.24. The summed E-state index contributed by atoms with van der Waals surface area (Å²) in [5.41, 5.74) is 8.01. The van der Waals surface area contributed by atoms with Crippen molar-refractivity contribution in [3.8, 4) is 0 Å². The first-order valence-corrected chi connectivity index (χ1v) is 6.05. The number of nitrogen functional groups attached to an aromatic ring is 1. The smallest absolute Gasteiger partial charge is 0.181 e. The van der Waals surface area contributed by atoms with Crippen molar-refractivity contribution in [2.45, 2.75) is 12.8 Å². The van der Waals surface area contributed by atoms with E-state index >= 15 is 0 Å². The summed E-state index contributed by atoms with van der Waals surface area (Å²) < 4.78 is 1.19. The summed E-state index contributed by atoms with van der Waals surface area (Å²) >= 11 is 1.57. The summed E-state index contributed by atoms with van der Waals surface area (Å²) in [5.74, 6) is 0. The van der Waals surface area contributed by atoms with E-state index in [1.54, 1.807) is 11.3 Å². The molecule has 0 bridgehead atoms. The highest BCUT2D eigenvalue weighted by Gasteiger charge is 2.13. The predicted molar refractivity (Wildman–Crippen MR) is 65.5 cm³/mol. The third-order valence-electron chi connectivity index (χ3n) is 2.86. The van der Waals surface area contributed by atoms with Gasteiger partial charge in [0.25, 0.3) is 0 Å². The molecule has 78 valence electrons. The zero-order valence-electron chi connectivity index (χ0n) is 8.44. The van der Waals surface area contributed by atoms with Crippen molar-refractivity contribution in [3.63, 3.8) is 0 Å². The second-order valence-electron chi connectivity index (χ2n) is 3.90. The molecule has 1 aliphatic rings. The summed E-state index contributed by atoms with van der Waals surface area (Å²) in [5, 5.41) is 0.656. The van der Waals surface area contributed by atoms with Gasteiger partial charge in [-0.25, -0.2) is 4.98 Å². The summed E-state index contributed by atoms with van der Waals surface area (Å²) in [6.07, 6.45) is 2.62. The van der Waals surface area contributed by atoms with Gasteiger partial charge in [0, 0.05) is 18.8 Å². The van der Waals surface area contributed by atoms with Crippen LogP contribution in [0, 0.1) is 0 Å². The van der Waals surface area contributed by atoms with Crippen LogP contribution < -0.4 is 10.6 Å². The number of nitrogens with two attached hydrogens (primary N) is 1. The van der Waals surface area contributed by atoms with Gasteiger partial charge in [-0.2, -0.15) is 0 Å². The summed E-state index contributed by atoms with van der Waals surface area (Å²) in [4.78, 5) is 6.68. The second-order valence-corrected chi connectivity index (χ2v) is 4.96. The molecule has 4 heteroatoms. The Labute approximate surface area is 92.5 Å². The summed E-state index contributed by atoms with van der Waals surface area (Å²) in [6.45, 7) is 2.36. The van der Waals surface area contributed by atoms with Gasteiger partial charge >= 0.3 is 0 Å². The minimum absolute atomic E-state index is 0.656. The summed E-state index contributed by atoms with van der Waals surface area (Å²) in [7, 11) is 0. The van der Waals surface area contributed by atoms with E-state index in [-0.39, 0.29) is 0 Å². The lowest BCUT2D eigenvalue weighted by Gasteiger charge is -2.16. The van der Waals surface area contributed by atoms with Crippen LogP contribution in [0.15, 0.2) is 18.2 Å². The van der Waals surface area contributed by atoms with E-state index in [0.717, 1.165) is 5.52 Å². The van der Waals surface area contributed by atoms with E-state index in [1.165, 1.54) is 36.3 Å². The molecule has 1 saturated heterocycles. The standard InChI is InChI=1S/C11H13N3S/c12-11-13-9-4-3-8(7-10(9)15-11)14-5-1-2-6-14/h3-4,7H,1-2,5-6H2,(H2,12,13). The Morgan fingerprint density at radius 2 is 2.07 bits per heavy atom. The van der Waals surface area contributed by atoms with Crippen LogP contribution >= 0.6 is 11.3 Å². The lowest BCUT2D eigenvalue weighted by molar-refractivity contribution is 0.949. The highest BCUT2D eigenvalue weighted by Crippen LogP contribution is 2.29. The van der Waals surface area contributed by atoms with Crippen LogP contribution in [0.5, 0.6) is 0 Å². The molecule has 1 fully saturated rings. The number of aromatic nitrogens is 1. The predicted octanol–water partition coefficient (Wildman–Crippen LogP) is 2.48. The van der Waals surface area contributed by atoms with Gasteiger partial charge in [0.2, 0.25) is 0 Å². The Bertz CT molecular complexity index is 486. The quantitative estimate of drug-likeness (QED) is 0.801. The monoisotopic (exact) mass is 219 g/mol. The molecule has 1 aromatic heterocycles. The Kier molecular flexibility index (Phi) is 2.02. The lowest BCUT2D eigenvalue weighted by Crippen LogP contribution is -2.17. The molecule has 0 unspecified atom stereocenters. The molecule has 3 nitrogen and oxygen atoms in total. The van der Waals surface area contributed by atoms with Gasteiger partial charge < -0.3 is 10.6 Å². The topological polar surface area (TPSA) is 42.1 Å².